The lowest BCUT2D eigenvalue weighted by Gasteiger charge is -2.28. The molecule has 1 heterocycles. The first kappa shape index (κ1) is 11.1. The fourth-order valence-corrected chi connectivity index (χ4v) is 1.70. The van der Waals surface area contributed by atoms with Crippen LogP contribution in [0.2, 0.25) is 0 Å². The fourth-order valence-electron chi connectivity index (χ4n) is 1.70. The summed E-state index contributed by atoms with van der Waals surface area (Å²) >= 11 is 0. The molecule has 14 heavy (non-hydrogen) atoms. The van der Waals surface area contributed by atoms with Crippen molar-refractivity contribution in [3.63, 3.8) is 0 Å². The Morgan fingerprint density at radius 2 is 2.07 bits per heavy atom. The van der Waals surface area contributed by atoms with Gasteiger partial charge in [0.15, 0.2) is 0 Å². The maximum atomic E-state index is 11.6. The third kappa shape index (κ3) is 2.28. The van der Waals surface area contributed by atoms with Crippen molar-refractivity contribution in [2.45, 2.75) is 40.2 Å². The van der Waals surface area contributed by atoms with Crippen LogP contribution in [-0.2, 0) is 9.53 Å². The maximum Gasteiger partial charge on any atom is 0.354 e. The van der Waals surface area contributed by atoms with Gasteiger partial charge >= 0.3 is 5.97 Å². The van der Waals surface area contributed by atoms with Gasteiger partial charge < -0.3 is 9.64 Å². The van der Waals surface area contributed by atoms with Crippen molar-refractivity contribution in [2.24, 2.45) is 0 Å². The molecule has 1 rings (SSSR count). The molecule has 0 bridgehead atoms. The van der Waals surface area contributed by atoms with Gasteiger partial charge in [0.25, 0.3) is 0 Å². The molecule has 0 saturated carbocycles. The molecule has 1 aliphatic heterocycles. The average Bonchev–Trinajstić information content (AvgIpc) is 2.26. The zero-order valence-corrected chi connectivity index (χ0v) is 9.46. The van der Waals surface area contributed by atoms with Crippen LogP contribution in [0, 0.1) is 0 Å². The van der Waals surface area contributed by atoms with Crippen molar-refractivity contribution < 1.29 is 9.53 Å². The normalized spacial score (nSPS) is 18.2. The van der Waals surface area contributed by atoms with Gasteiger partial charge in [0.2, 0.25) is 0 Å². The van der Waals surface area contributed by atoms with Crippen LogP contribution < -0.4 is 0 Å². The topological polar surface area (TPSA) is 29.5 Å². The third-order valence-corrected chi connectivity index (χ3v) is 2.35. The summed E-state index contributed by atoms with van der Waals surface area (Å²) in [6, 6.07) is 0.352. The lowest BCUT2D eigenvalue weighted by molar-refractivity contribution is -0.139. The predicted molar refractivity (Wildman–Crippen MR) is 55.8 cm³/mol. The van der Waals surface area contributed by atoms with Gasteiger partial charge in [-0.25, -0.2) is 4.79 Å². The van der Waals surface area contributed by atoms with Crippen LogP contribution in [0.15, 0.2) is 11.3 Å². The van der Waals surface area contributed by atoms with E-state index in [4.69, 9.17) is 4.74 Å². The van der Waals surface area contributed by atoms with E-state index in [9.17, 15) is 4.79 Å². The van der Waals surface area contributed by atoms with Crippen molar-refractivity contribution in [3.8, 4) is 0 Å². The van der Waals surface area contributed by atoms with Crippen LogP contribution in [0.1, 0.15) is 34.1 Å². The zero-order chi connectivity index (χ0) is 10.7. The first-order chi connectivity index (χ1) is 6.54. The van der Waals surface area contributed by atoms with Crippen molar-refractivity contribution in [1.82, 2.24) is 4.90 Å². The first-order valence-corrected chi connectivity index (χ1v) is 5.15. The summed E-state index contributed by atoms with van der Waals surface area (Å²) in [6.45, 7) is 9.56. The van der Waals surface area contributed by atoms with Crippen LogP contribution in [0.4, 0.5) is 0 Å². The Balaban J connectivity index is 3.00. The first-order valence-electron chi connectivity index (χ1n) is 5.15. The van der Waals surface area contributed by atoms with Crippen LogP contribution in [0.3, 0.4) is 0 Å². The smallest absolute Gasteiger partial charge is 0.354 e. The van der Waals surface area contributed by atoms with E-state index in [2.05, 4.69) is 18.7 Å². The van der Waals surface area contributed by atoms with Gasteiger partial charge in [-0.05, 0) is 39.7 Å². The molecule has 0 aromatic heterocycles. The Morgan fingerprint density at radius 3 is 2.57 bits per heavy atom. The molecule has 0 aromatic rings. The molecule has 3 nitrogen and oxygen atoms in total. The molecule has 1 aliphatic rings. The van der Waals surface area contributed by atoms with E-state index in [-0.39, 0.29) is 5.97 Å². The Labute approximate surface area is 85.7 Å². The highest BCUT2D eigenvalue weighted by atomic mass is 16.5. The highest BCUT2D eigenvalue weighted by molar-refractivity contribution is 5.88. The Kier molecular flexibility index (Phi) is 3.55. The second-order valence-electron chi connectivity index (χ2n) is 4.13. The lowest BCUT2D eigenvalue weighted by Crippen LogP contribution is -2.33. The largest absolute Gasteiger partial charge is 0.461 e. The number of hydrogen-bond donors (Lipinski definition) is 0. The lowest BCUT2D eigenvalue weighted by atomic mass is 10.2. The van der Waals surface area contributed by atoms with Crippen LogP contribution in [-0.4, -0.2) is 30.1 Å². The summed E-state index contributed by atoms with van der Waals surface area (Å²) in [6.07, 6.45) is 0.917. The summed E-state index contributed by atoms with van der Waals surface area (Å²) in [4.78, 5) is 13.8. The molecule has 0 spiro atoms. The molecule has 1 saturated heterocycles. The highest BCUT2D eigenvalue weighted by Crippen LogP contribution is 2.18. The molecular weight excluding hydrogens is 178 g/mol. The minimum atomic E-state index is -0.170. The molecule has 0 amide bonds. The second kappa shape index (κ2) is 4.49. The minimum Gasteiger partial charge on any atom is -0.461 e. The molecule has 0 radical (unpaired) electrons. The number of hydrogen-bond acceptors (Lipinski definition) is 3. The van der Waals surface area contributed by atoms with Crippen molar-refractivity contribution in [2.75, 3.05) is 13.2 Å². The van der Waals surface area contributed by atoms with Gasteiger partial charge in [0.05, 0.1) is 6.61 Å². The van der Waals surface area contributed by atoms with E-state index in [1.165, 1.54) is 0 Å². The van der Waals surface area contributed by atoms with Crippen LogP contribution in [0.5, 0.6) is 0 Å². The van der Waals surface area contributed by atoms with E-state index in [0.29, 0.717) is 12.6 Å². The minimum absolute atomic E-state index is 0.170. The van der Waals surface area contributed by atoms with Crippen molar-refractivity contribution >= 4 is 5.97 Å². The molecule has 0 aliphatic carbocycles. The Bertz CT molecular complexity index is 252. The predicted octanol–water partition coefficient (Wildman–Crippen LogP) is 1.94. The number of carbonyl (C=O) groups is 1. The van der Waals surface area contributed by atoms with Gasteiger partial charge in [-0.3, -0.25) is 0 Å². The van der Waals surface area contributed by atoms with Gasteiger partial charge in [-0.2, -0.15) is 0 Å². The van der Waals surface area contributed by atoms with E-state index >= 15 is 0 Å². The van der Waals surface area contributed by atoms with Gasteiger partial charge in [0.1, 0.15) is 5.70 Å². The molecule has 0 aromatic carbocycles. The summed E-state index contributed by atoms with van der Waals surface area (Å²) < 4.78 is 5.12. The summed E-state index contributed by atoms with van der Waals surface area (Å²) in [7, 11) is 0. The number of esters is 1. The standard InChI is InChI=1S/C11H19NO2/c1-8(2)10-11(13)14-7-5-6-12(10)9(3)4/h9H,5-7H2,1-4H3. The zero-order valence-electron chi connectivity index (χ0n) is 9.46. The van der Waals surface area contributed by atoms with E-state index in [1.807, 2.05) is 13.8 Å². The van der Waals surface area contributed by atoms with Gasteiger partial charge in [-0.15, -0.1) is 0 Å². The summed E-state index contributed by atoms with van der Waals surface area (Å²) in [5, 5.41) is 0. The van der Waals surface area contributed by atoms with Gasteiger partial charge in [0, 0.05) is 12.6 Å². The number of allylic oxidation sites excluding steroid dienone is 1. The van der Waals surface area contributed by atoms with Crippen LogP contribution in [0.25, 0.3) is 0 Å². The molecule has 0 atom stereocenters. The fraction of sp³-hybridized carbons (Fsp3) is 0.727. The molecule has 80 valence electrons. The summed E-state index contributed by atoms with van der Waals surface area (Å²) in [5.41, 5.74) is 1.78. The average molecular weight is 197 g/mol. The highest BCUT2D eigenvalue weighted by Gasteiger charge is 2.24. The van der Waals surface area contributed by atoms with E-state index in [0.717, 1.165) is 24.2 Å². The Morgan fingerprint density at radius 1 is 1.43 bits per heavy atom. The second-order valence-corrected chi connectivity index (χ2v) is 4.13. The van der Waals surface area contributed by atoms with Crippen LogP contribution >= 0.6 is 0 Å². The number of cyclic esters (lactones) is 1. The van der Waals surface area contributed by atoms with E-state index < -0.39 is 0 Å². The monoisotopic (exact) mass is 197 g/mol. The molecule has 1 fully saturated rings. The van der Waals surface area contributed by atoms with Gasteiger partial charge in [-0.1, -0.05) is 0 Å². The molecule has 3 heteroatoms. The quantitative estimate of drug-likeness (QED) is 0.475. The molecule has 0 N–H and O–H groups in total. The maximum absolute atomic E-state index is 11.6. The SMILES string of the molecule is CC(C)=C1C(=O)OCCCN1C(C)C. The van der Waals surface area contributed by atoms with E-state index in [1.54, 1.807) is 0 Å². The van der Waals surface area contributed by atoms with Crippen molar-refractivity contribution in [3.05, 3.63) is 11.3 Å². The number of nitrogens with zero attached hydrogens (tertiary/aromatic N) is 1. The number of carbonyl (C=O) groups excluding carboxylic acids is 1. The molecule has 0 unspecified atom stereocenters. The molecular formula is C11H19NO2. The summed E-state index contributed by atoms with van der Waals surface area (Å²) in [5.74, 6) is -0.170. The number of rotatable bonds is 1. The number of ether oxygens (including phenoxy) is 1. The Hall–Kier alpha value is -0.990. The van der Waals surface area contributed by atoms with Crippen molar-refractivity contribution in [1.29, 1.82) is 0 Å². The third-order valence-electron chi connectivity index (χ3n) is 2.35.